The highest BCUT2D eigenvalue weighted by atomic mass is 79.9. The zero-order chi connectivity index (χ0) is 15.1. The Morgan fingerprint density at radius 2 is 1.86 bits per heavy atom. The number of aryl methyl sites for hydroxylation is 2. The zero-order valence-corrected chi connectivity index (χ0v) is 14.5. The SMILES string of the molecule is CCCNC(CCc1ccccc1)c1cc(C)cc(Br)c1. The minimum absolute atomic E-state index is 0.418. The number of hydrogen-bond acceptors (Lipinski definition) is 1. The first-order valence-electron chi connectivity index (χ1n) is 7.73. The molecule has 2 aromatic rings. The first-order valence-corrected chi connectivity index (χ1v) is 8.52. The summed E-state index contributed by atoms with van der Waals surface area (Å²) >= 11 is 3.62. The summed E-state index contributed by atoms with van der Waals surface area (Å²) in [6.07, 6.45) is 3.39. The maximum atomic E-state index is 3.69. The normalized spacial score (nSPS) is 12.3. The molecule has 1 N–H and O–H groups in total. The topological polar surface area (TPSA) is 12.0 Å². The van der Waals surface area contributed by atoms with Gasteiger partial charge in [-0.2, -0.15) is 0 Å². The Morgan fingerprint density at radius 1 is 1.10 bits per heavy atom. The average Bonchev–Trinajstić information content (AvgIpc) is 2.47. The average molecular weight is 346 g/mol. The molecule has 0 aliphatic heterocycles. The van der Waals surface area contributed by atoms with Crippen molar-refractivity contribution >= 4 is 15.9 Å². The molecule has 0 amide bonds. The van der Waals surface area contributed by atoms with Gasteiger partial charge >= 0.3 is 0 Å². The lowest BCUT2D eigenvalue weighted by atomic mass is 9.97. The van der Waals surface area contributed by atoms with Crippen molar-refractivity contribution in [3.63, 3.8) is 0 Å². The first kappa shape index (κ1) is 16.3. The Bertz CT molecular complexity index is 530. The highest BCUT2D eigenvalue weighted by Gasteiger charge is 2.12. The summed E-state index contributed by atoms with van der Waals surface area (Å²) in [5, 5.41) is 3.69. The molecule has 21 heavy (non-hydrogen) atoms. The van der Waals surface area contributed by atoms with Crippen LogP contribution >= 0.6 is 15.9 Å². The van der Waals surface area contributed by atoms with Crippen LogP contribution in [0, 0.1) is 6.92 Å². The molecule has 1 nitrogen and oxygen atoms in total. The Morgan fingerprint density at radius 3 is 2.52 bits per heavy atom. The maximum Gasteiger partial charge on any atom is 0.0323 e. The van der Waals surface area contributed by atoms with E-state index in [1.807, 2.05) is 0 Å². The monoisotopic (exact) mass is 345 g/mol. The van der Waals surface area contributed by atoms with Gasteiger partial charge in [0, 0.05) is 10.5 Å². The lowest BCUT2D eigenvalue weighted by molar-refractivity contribution is 0.499. The van der Waals surface area contributed by atoms with Crippen molar-refractivity contribution in [1.82, 2.24) is 5.32 Å². The number of benzene rings is 2. The molecule has 0 radical (unpaired) electrons. The molecule has 0 bridgehead atoms. The fourth-order valence-corrected chi connectivity index (χ4v) is 3.25. The van der Waals surface area contributed by atoms with E-state index in [1.54, 1.807) is 0 Å². The molecule has 2 rings (SSSR count). The van der Waals surface area contributed by atoms with Crippen LogP contribution in [-0.2, 0) is 6.42 Å². The van der Waals surface area contributed by atoms with Crippen molar-refractivity contribution in [1.29, 1.82) is 0 Å². The van der Waals surface area contributed by atoms with Crippen LogP contribution in [0.3, 0.4) is 0 Å². The second kappa shape index (κ2) is 8.35. The number of nitrogens with one attached hydrogen (secondary N) is 1. The quantitative estimate of drug-likeness (QED) is 0.705. The minimum atomic E-state index is 0.418. The highest BCUT2D eigenvalue weighted by Crippen LogP contribution is 2.24. The standard InChI is InChI=1S/C19H24BrN/c1-3-11-21-19(10-9-16-7-5-4-6-8-16)17-12-15(2)13-18(20)14-17/h4-8,12-14,19,21H,3,9-11H2,1-2H3. The van der Waals surface area contributed by atoms with Gasteiger partial charge < -0.3 is 5.32 Å². The fraction of sp³-hybridized carbons (Fsp3) is 0.368. The molecule has 112 valence electrons. The van der Waals surface area contributed by atoms with Gasteiger partial charge in [-0.15, -0.1) is 0 Å². The predicted molar refractivity (Wildman–Crippen MR) is 94.7 cm³/mol. The number of rotatable bonds is 7. The van der Waals surface area contributed by atoms with Gasteiger partial charge in [-0.25, -0.2) is 0 Å². The molecular weight excluding hydrogens is 322 g/mol. The van der Waals surface area contributed by atoms with E-state index in [0.717, 1.165) is 25.8 Å². The van der Waals surface area contributed by atoms with Crippen LogP contribution in [0.1, 0.15) is 42.5 Å². The second-order valence-corrected chi connectivity index (χ2v) is 6.51. The van der Waals surface area contributed by atoms with Gasteiger partial charge in [0.2, 0.25) is 0 Å². The van der Waals surface area contributed by atoms with Crippen molar-refractivity contribution in [2.75, 3.05) is 6.54 Å². The van der Waals surface area contributed by atoms with Gasteiger partial charge in [0.25, 0.3) is 0 Å². The lowest BCUT2D eigenvalue weighted by Crippen LogP contribution is -2.22. The van der Waals surface area contributed by atoms with Gasteiger partial charge in [-0.3, -0.25) is 0 Å². The van der Waals surface area contributed by atoms with E-state index >= 15 is 0 Å². The molecule has 1 unspecified atom stereocenters. The largest absolute Gasteiger partial charge is 0.310 e. The first-order chi connectivity index (χ1) is 10.2. The summed E-state index contributed by atoms with van der Waals surface area (Å²) < 4.78 is 1.17. The third-order valence-corrected chi connectivity index (χ3v) is 4.13. The molecule has 0 aliphatic carbocycles. The van der Waals surface area contributed by atoms with E-state index in [0.29, 0.717) is 6.04 Å². The molecule has 2 heteroatoms. The van der Waals surface area contributed by atoms with Crippen LogP contribution < -0.4 is 5.32 Å². The summed E-state index contributed by atoms with van der Waals surface area (Å²) in [6, 6.07) is 17.9. The van der Waals surface area contributed by atoms with E-state index < -0.39 is 0 Å². The Kier molecular flexibility index (Phi) is 6.47. The van der Waals surface area contributed by atoms with Gasteiger partial charge in [0.1, 0.15) is 0 Å². The molecule has 0 spiro atoms. The summed E-state index contributed by atoms with van der Waals surface area (Å²) in [5.74, 6) is 0. The molecule has 0 aromatic heterocycles. The van der Waals surface area contributed by atoms with Gasteiger partial charge in [0.05, 0.1) is 0 Å². The fourth-order valence-electron chi connectivity index (χ4n) is 2.63. The molecule has 0 aliphatic rings. The molecule has 0 heterocycles. The van der Waals surface area contributed by atoms with Crippen LogP contribution in [0.15, 0.2) is 53.0 Å². The van der Waals surface area contributed by atoms with E-state index in [2.05, 4.69) is 83.6 Å². The van der Waals surface area contributed by atoms with Gasteiger partial charge in [-0.05, 0) is 61.6 Å². The van der Waals surface area contributed by atoms with Gasteiger partial charge in [0.15, 0.2) is 0 Å². The summed E-state index contributed by atoms with van der Waals surface area (Å²) in [5.41, 5.74) is 4.10. The van der Waals surface area contributed by atoms with Crippen molar-refractivity contribution in [3.8, 4) is 0 Å². The van der Waals surface area contributed by atoms with E-state index in [-0.39, 0.29) is 0 Å². The van der Waals surface area contributed by atoms with E-state index in [9.17, 15) is 0 Å². The molecular formula is C19H24BrN. The highest BCUT2D eigenvalue weighted by molar-refractivity contribution is 9.10. The summed E-state index contributed by atoms with van der Waals surface area (Å²) in [4.78, 5) is 0. The smallest absolute Gasteiger partial charge is 0.0323 e. The predicted octanol–water partition coefficient (Wildman–Crippen LogP) is 5.43. The summed E-state index contributed by atoms with van der Waals surface area (Å²) in [6.45, 7) is 5.43. The Hall–Kier alpha value is -1.12. The third-order valence-electron chi connectivity index (χ3n) is 3.67. The molecule has 0 fully saturated rings. The molecule has 2 aromatic carbocycles. The van der Waals surface area contributed by atoms with Crippen LogP contribution in [0.25, 0.3) is 0 Å². The van der Waals surface area contributed by atoms with Crippen LogP contribution in [0.2, 0.25) is 0 Å². The summed E-state index contributed by atoms with van der Waals surface area (Å²) in [7, 11) is 0. The third kappa shape index (κ3) is 5.29. The zero-order valence-electron chi connectivity index (χ0n) is 12.9. The number of halogens is 1. The molecule has 0 saturated carbocycles. The van der Waals surface area contributed by atoms with Crippen molar-refractivity contribution in [3.05, 3.63) is 69.7 Å². The van der Waals surface area contributed by atoms with E-state index in [4.69, 9.17) is 0 Å². The van der Waals surface area contributed by atoms with Gasteiger partial charge in [-0.1, -0.05) is 59.3 Å². The lowest BCUT2D eigenvalue weighted by Gasteiger charge is -2.20. The minimum Gasteiger partial charge on any atom is -0.310 e. The van der Waals surface area contributed by atoms with Crippen LogP contribution in [0.4, 0.5) is 0 Å². The van der Waals surface area contributed by atoms with Crippen LogP contribution in [0.5, 0.6) is 0 Å². The number of hydrogen-bond donors (Lipinski definition) is 1. The molecule has 0 saturated heterocycles. The van der Waals surface area contributed by atoms with Crippen molar-refractivity contribution in [2.45, 2.75) is 39.2 Å². The van der Waals surface area contributed by atoms with E-state index in [1.165, 1.54) is 21.2 Å². The second-order valence-electron chi connectivity index (χ2n) is 5.59. The van der Waals surface area contributed by atoms with Crippen molar-refractivity contribution in [2.24, 2.45) is 0 Å². The Labute approximate surface area is 136 Å². The molecule has 1 atom stereocenters. The van der Waals surface area contributed by atoms with Crippen molar-refractivity contribution < 1.29 is 0 Å². The Balaban J connectivity index is 2.10. The van der Waals surface area contributed by atoms with Crippen LogP contribution in [-0.4, -0.2) is 6.54 Å². The maximum absolute atomic E-state index is 3.69.